The first-order valence-corrected chi connectivity index (χ1v) is 10.3. The van der Waals surface area contributed by atoms with E-state index in [4.69, 9.17) is 4.74 Å². The molecule has 0 aromatic carbocycles. The fraction of sp³-hybridized carbons (Fsp3) is 0.789. The van der Waals surface area contributed by atoms with Gasteiger partial charge in [0.15, 0.2) is 0 Å². The summed E-state index contributed by atoms with van der Waals surface area (Å²) in [7, 11) is 0. The molecule has 1 amide bonds. The molecule has 5 nitrogen and oxygen atoms in total. The van der Waals surface area contributed by atoms with Gasteiger partial charge in [0.1, 0.15) is 4.88 Å². The maximum absolute atomic E-state index is 13.1. The molecule has 0 saturated carbocycles. The van der Waals surface area contributed by atoms with Crippen LogP contribution in [0, 0.1) is 6.92 Å². The molecule has 6 heteroatoms. The van der Waals surface area contributed by atoms with E-state index in [2.05, 4.69) is 42.5 Å². The lowest BCUT2D eigenvalue weighted by Crippen LogP contribution is -2.50. The van der Waals surface area contributed by atoms with Crippen LogP contribution in [0.2, 0.25) is 0 Å². The molecule has 0 bridgehead atoms. The quantitative estimate of drug-likeness (QED) is 0.821. The second kappa shape index (κ2) is 7.72. The molecule has 25 heavy (non-hydrogen) atoms. The normalized spacial score (nSPS) is 28.1. The molecule has 2 fully saturated rings. The molecule has 0 N–H and O–H groups in total. The maximum atomic E-state index is 13.1. The summed E-state index contributed by atoms with van der Waals surface area (Å²) in [6, 6.07) is 0.314. The molecule has 1 aromatic rings. The summed E-state index contributed by atoms with van der Waals surface area (Å²) < 4.78 is 5.84. The molecule has 140 valence electrons. The van der Waals surface area contributed by atoms with Crippen LogP contribution in [-0.2, 0) is 4.74 Å². The van der Waals surface area contributed by atoms with Crippen LogP contribution in [0.15, 0.2) is 0 Å². The van der Waals surface area contributed by atoms with E-state index in [0.717, 1.165) is 54.6 Å². The van der Waals surface area contributed by atoms with Crippen molar-refractivity contribution in [1.82, 2.24) is 14.8 Å². The Bertz CT molecular complexity index is 606. The summed E-state index contributed by atoms with van der Waals surface area (Å²) in [6.45, 7) is 14.2. The van der Waals surface area contributed by atoms with E-state index >= 15 is 0 Å². The van der Waals surface area contributed by atoms with Crippen molar-refractivity contribution < 1.29 is 9.53 Å². The Kier molecular flexibility index (Phi) is 5.81. The zero-order chi connectivity index (χ0) is 18.1. The third-order valence-corrected chi connectivity index (χ3v) is 6.55. The summed E-state index contributed by atoms with van der Waals surface area (Å²) in [4.78, 5) is 23.1. The Morgan fingerprint density at radius 2 is 2.00 bits per heavy atom. The van der Waals surface area contributed by atoms with Gasteiger partial charge in [0.25, 0.3) is 5.91 Å². The Morgan fingerprint density at radius 1 is 1.32 bits per heavy atom. The minimum absolute atomic E-state index is 0.179. The third-order valence-electron chi connectivity index (χ3n) is 5.10. The molecule has 1 aromatic heterocycles. The van der Waals surface area contributed by atoms with E-state index in [1.165, 1.54) is 0 Å². The van der Waals surface area contributed by atoms with Crippen LogP contribution in [0.3, 0.4) is 0 Å². The molecule has 0 spiro atoms. The number of nitrogens with zero attached hydrogens (tertiary/aromatic N) is 3. The number of hydrogen-bond donors (Lipinski definition) is 0. The van der Waals surface area contributed by atoms with Gasteiger partial charge in [-0.1, -0.05) is 13.8 Å². The monoisotopic (exact) mass is 365 g/mol. The number of likely N-dealkylation sites (tertiary alicyclic amines) is 1. The number of carbonyl (C=O) groups excluding carboxylic acids is 1. The molecule has 0 aliphatic carbocycles. The second-order valence-corrected chi connectivity index (χ2v) is 8.92. The SMILES string of the molecule is Cc1nc(C(C)C)sc1C(=O)N1CCCC1CN1CC(C)OC(C)C1. The van der Waals surface area contributed by atoms with E-state index in [-0.39, 0.29) is 18.1 Å². The third kappa shape index (κ3) is 4.23. The molecule has 0 radical (unpaired) electrons. The Morgan fingerprint density at radius 3 is 2.60 bits per heavy atom. The summed E-state index contributed by atoms with van der Waals surface area (Å²) in [5, 5.41) is 1.06. The van der Waals surface area contributed by atoms with Crippen LogP contribution < -0.4 is 0 Å². The fourth-order valence-corrected chi connectivity index (χ4v) is 5.04. The van der Waals surface area contributed by atoms with Crippen molar-refractivity contribution in [2.75, 3.05) is 26.2 Å². The number of ether oxygens (including phenoxy) is 1. The number of aryl methyl sites for hydroxylation is 1. The number of amides is 1. The van der Waals surface area contributed by atoms with Crippen LogP contribution >= 0.6 is 11.3 Å². The molecule has 2 saturated heterocycles. The van der Waals surface area contributed by atoms with Crippen molar-refractivity contribution in [3.05, 3.63) is 15.6 Å². The zero-order valence-electron chi connectivity index (χ0n) is 16.1. The molecule has 3 unspecified atom stereocenters. The summed E-state index contributed by atoms with van der Waals surface area (Å²) in [6.07, 6.45) is 2.74. The van der Waals surface area contributed by atoms with Crippen molar-refractivity contribution in [2.24, 2.45) is 0 Å². The summed E-state index contributed by atoms with van der Waals surface area (Å²) in [5.41, 5.74) is 0.887. The van der Waals surface area contributed by atoms with Crippen molar-refractivity contribution in [2.45, 2.75) is 71.6 Å². The summed E-state index contributed by atoms with van der Waals surface area (Å²) >= 11 is 1.58. The maximum Gasteiger partial charge on any atom is 0.266 e. The average Bonchev–Trinajstić information content (AvgIpc) is 3.12. The van der Waals surface area contributed by atoms with Crippen molar-refractivity contribution in [3.8, 4) is 0 Å². The Balaban J connectivity index is 1.69. The molecule has 2 aliphatic rings. The molecule has 2 aliphatic heterocycles. The lowest BCUT2D eigenvalue weighted by molar-refractivity contribution is -0.0715. The number of thiazole rings is 1. The highest BCUT2D eigenvalue weighted by Gasteiger charge is 2.34. The number of carbonyl (C=O) groups is 1. The van der Waals surface area contributed by atoms with Gasteiger partial charge in [0.2, 0.25) is 0 Å². The van der Waals surface area contributed by atoms with E-state index in [1.54, 1.807) is 11.3 Å². The van der Waals surface area contributed by atoms with Gasteiger partial charge in [-0.2, -0.15) is 0 Å². The highest BCUT2D eigenvalue weighted by atomic mass is 32.1. The van der Waals surface area contributed by atoms with Gasteiger partial charge in [-0.15, -0.1) is 11.3 Å². The highest BCUT2D eigenvalue weighted by Crippen LogP contribution is 2.29. The largest absolute Gasteiger partial charge is 0.373 e. The van der Waals surface area contributed by atoms with Crippen LogP contribution in [0.25, 0.3) is 0 Å². The van der Waals surface area contributed by atoms with Gasteiger partial charge in [-0.05, 0) is 33.6 Å². The van der Waals surface area contributed by atoms with Gasteiger partial charge in [0.05, 0.1) is 22.9 Å². The van der Waals surface area contributed by atoms with Gasteiger partial charge in [-0.25, -0.2) is 4.98 Å². The second-order valence-electron chi connectivity index (χ2n) is 7.89. The number of rotatable bonds is 4. The van der Waals surface area contributed by atoms with E-state index in [0.29, 0.717) is 12.0 Å². The van der Waals surface area contributed by atoms with Crippen molar-refractivity contribution in [3.63, 3.8) is 0 Å². The topological polar surface area (TPSA) is 45.7 Å². The minimum atomic E-state index is 0.179. The Labute approximate surface area is 155 Å². The van der Waals surface area contributed by atoms with Crippen LogP contribution in [-0.4, -0.2) is 65.1 Å². The fourth-order valence-electron chi connectivity index (χ4n) is 4.02. The molecular formula is C19H31N3O2S. The minimum Gasteiger partial charge on any atom is -0.373 e. The van der Waals surface area contributed by atoms with Gasteiger partial charge in [-0.3, -0.25) is 9.69 Å². The van der Waals surface area contributed by atoms with Crippen LogP contribution in [0.5, 0.6) is 0 Å². The Hall–Kier alpha value is -0.980. The zero-order valence-corrected chi connectivity index (χ0v) is 16.9. The van der Waals surface area contributed by atoms with E-state index in [1.807, 2.05) is 6.92 Å². The van der Waals surface area contributed by atoms with Gasteiger partial charge < -0.3 is 9.64 Å². The van der Waals surface area contributed by atoms with Crippen LogP contribution in [0.1, 0.15) is 66.8 Å². The lowest BCUT2D eigenvalue weighted by atomic mass is 10.1. The first-order valence-electron chi connectivity index (χ1n) is 9.51. The highest BCUT2D eigenvalue weighted by molar-refractivity contribution is 7.13. The van der Waals surface area contributed by atoms with E-state index < -0.39 is 0 Å². The predicted octanol–water partition coefficient (Wildman–Crippen LogP) is 3.29. The van der Waals surface area contributed by atoms with Gasteiger partial charge >= 0.3 is 0 Å². The summed E-state index contributed by atoms with van der Waals surface area (Å²) in [5.74, 6) is 0.551. The van der Waals surface area contributed by atoms with Crippen molar-refractivity contribution >= 4 is 17.2 Å². The predicted molar refractivity (Wildman–Crippen MR) is 101 cm³/mol. The molecular weight excluding hydrogens is 334 g/mol. The number of hydrogen-bond acceptors (Lipinski definition) is 5. The molecule has 3 atom stereocenters. The number of morpholine rings is 1. The average molecular weight is 366 g/mol. The first kappa shape index (κ1) is 18.8. The molecule has 3 heterocycles. The smallest absolute Gasteiger partial charge is 0.266 e. The first-order chi connectivity index (χ1) is 11.8. The number of aromatic nitrogens is 1. The van der Waals surface area contributed by atoms with E-state index in [9.17, 15) is 4.79 Å². The molecule has 3 rings (SSSR count). The standard InChI is InChI=1S/C19H31N3O2S/c1-12(2)18-20-15(5)17(25-18)19(23)22-8-6-7-16(22)11-21-9-13(3)24-14(4)10-21/h12-14,16H,6-11H2,1-5H3. The van der Waals surface area contributed by atoms with Crippen LogP contribution in [0.4, 0.5) is 0 Å². The van der Waals surface area contributed by atoms with Gasteiger partial charge in [0, 0.05) is 38.1 Å². The van der Waals surface area contributed by atoms with Crippen molar-refractivity contribution in [1.29, 1.82) is 0 Å². The lowest BCUT2D eigenvalue weighted by Gasteiger charge is -2.38.